The molecular weight excluding hydrogens is 606 g/mol. The van der Waals surface area contributed by atoms with Crippen LogP contribution in [0.4, 0.5) is 0 Å². The second kappa shape index (κ2) is 9.58. The fraction of sp³-hybridized carbons (Fsp3) is 0.290. The van der Waals surface area contributed by atoms with Crippen molar-refractivity contribution in [2.45, 2.75) is 57.5 Å². The van der Waals surface area contributed by atoms with Gasteiger partial charge in [-0.1, -0.05) is 78.7 Å². The van der Waals surface area contributed by atoms with Crippen LogP contribution in [-0.2, 0) is 14.0 Å². The molecule has 6 rings (SSSR count). The van der Waals surface area contributed by atoms with Crippen molar-refractivity contribution in [1.82, 2.24) is 14.9 Å². The van der Waals surface area contributed by atoms with E-state index in [1.54, 1.807) is 6.20 Å². The largest absolute Gasteiger partial charge is 0.410 e. The summed E-state index contributed by atoms with van der Waals surface area (Å²) in [5.74, 6) is -0.882. The summed E-state index contributed by atoms with van der Waals surface area (Å²) in [6.07, 6.45) is 6.78. The summed E-state index contributed by atoms with van der Waals surface area (Å²) in [6.45, 7) is 11.2. The van der Waals surface area contributed by atoms with Crippen molar-refractivity contribution in [2.24, 2.45) is 0 Å². The van der Waals surface area contributed by atoms with Gasteiger partial charge in [0.05, 0.1) is 28.8 Å². The Morgan fingerprint density at radius 2 is 1.75 bits per heavy atom. The molecule has 9 heteroatoms. The Hall–Kier alpha value is -2.91. The quantitative estimate of drug-likeness (QED) is 0.132. The first-order chi connectivity index (χ1) is 18.9. The number of hydrogen-bond donors (Lipinski definition) is 2. The monoisotopic (exact) mass is 635 g/mol. The highest BCUT2D eigenvalue weighted by molar-refractivity contribution is 9.10. The van der Waals surface area contributed by atoms with Crippen molar-refractivity contribution in [1.29, 1.82) is 0 Å². The number of para-hydroxylation sites is 1. The van der Waals surface area contributed by atoms with Gasteiger partial charge >= 0.3 is 0 Å². The zero-order valence-electron chi connectivity index (χ0n) is 23.1. The Balaban J connectivity index is 1.51. The fourth-order valence-corrected chi connectivity index (χ4v) is 7.59. The molecule has 0 radical (unpaired) electrons. The van der Waals surface area contributed by atoms with E-state index in [2.05, 4.69) is 76.8 Å². The number of fused-ring (bicyclic) bond motifs is 2. The molecule has 0 fully saturated rings. The van der Waals surface area contributed by atoms with E-state index in [0.717, 1.165) is 32.7 Å². The van der Waals surface area contributed by atoms with Crippen molar-refractivity contribution >= 4 is 80.6 Å². The summed E-state index contributed by atoms with van der Waals surface area (Å²) >= 11 is 10.8. The molecule has 0 unspecified atom stereocenters. The third-order valence-corrected chi connectivity index (χ3v) is 13.9. The Morgan fingerprint density at radius 3 is 2.50 bits per heavy atom. The number of aromatic nitrogens is 2. The predicted octanol–water partition coefficient (Wildman–Crippen LogP) is 8.00. The lowest BCUT2D eigenvalue weighted by atomic mass is 9.95. The van der Waals surface area contributed by atoms with Crippen LogP contribution in [0, 0.1) is 0 Å². The van der Waals surface area contributed by atoms with E-state index in [-0.39, 0.29) is 22.8 Å². The van der Waals surface area contributed by atoms with Gasteiger partial charge in [-0.3, -0.25) is 14.9 Å². The molecular formula is C31H31BrClN3O3Si. The van der Waals surface area contributed by atoms with Crippen LogP contribution in [0.1, 0.15) is 44.4 Å². The molecule has 2 aromatic carbocycles. The molecule has 2 atom stereocenters. The Labute approximate surface area is 247 Å². The lowest BCUT2D eigenvalue weighted by molar-refractivity contribution is -0.122. The molecule has 1 aliphatic carbocycles. The van der Waals surface area contributed by atoms with Gasteiger partial charge in [0.2, 0.25) is 0 Å². The number of aromatic amines is 1. The number of imide groups is 1. The van der Waals surface area contributed by atoms with Gasteiger partial charge in [0, 0.05) is 44.5 Å². The Kier molecular flexibility index (Phi) is 6.53. The van der Waals surface area contributed by atoms with Gasteiger partial charge in [0.1, 0.15) is 5.15 Å². The first-order valence-electron chi connectivity index (χ1n) is 13.4. The number of H-pyrrole nitrogens is 1. The molecule has 6 nitrogen and oxygen atoms in total. The van der Waals surface area contributed by atoms with Crippen LogP contribution < -0.4 is 5.32 Å². The molecule has 2 aliphatic rings. The van der Waals surface area contributed by atoms with E-state index >= 15 is 0 Å². The minimum atomic E-state index is -1.97. The zero-order chi connectivity index (χ0) is 28.6. The number of halogens is 2. The van der Waals surface area contributed by atoms with Crippen molar-refractivity contribution in [2.75, 3.05) is 0 Å². The van der Waals surface area contributed by atoms with E-state index < -0.39 is 20.1 Å². The van der Waals surface area contributed by atoms with E-state index in [0.29, 0.717) is 21.9 Å². The number of allylic oxidation sites excluding steroid dienone is 1. The second-order valence-corrected chi connectivity index (χ2v) is 18.1. The lowest BCUT2D eigenvalue weighted by Crippen LogP contribution is -2.43. The molecule has 0 saturated heterocycles. The van der Waals surface area contributed by atoms with Crippen LogP contribution in [0.15, 0.2) is 65.3 Å². The smallest absolute Gasteiger partial charge is 0.259 e. The number of hydrogen-bond acceptors (Lipinski definition) is 3. The predicted molar refractivity (Wildman–Crippen MR) is 168 cm³/mol. The lowest BCUT2D eigenvalue weighted by Gasteiger charge is -2.38. The van der Waals surface area contributed by atoms with E-state index in [1.807, 2.05) is 42.5 Å². The summed E-state index contributed by atoms with van der Waals surface area (Å²) in [4.78, 5) is 29.9. The van der Waals surface area contributed by atoms with Gasteiger partial charge in [-0.2, -0.15) is 0 Å². The van der Waals surface area contributed by atoms with Crippen LogP contribution in [-0.4, -0.2) is 35.8 Å². The van der Waals surface area contributed by atoms with Crippen molar-refractivity contribution in [3.8, 4) is 0 Å². The summed E-state index contributed by atoms with van der Waals surface area (Å²) in [5, 5.41) is 4.72. The second-order valence-electron chi connectivity index (χ2n) is 12.1. The van der Waals surface area contributed by atoms with Gasteiger partial charge in [-0.05, 0) is 42.4 Å². The Morgan fingerprint density at radius 1 is 1.02 bits per heavy atom. The average molecular weight is 637 g/mol. The number of nitrogens with zero attached hydrogens (tertiary/aromatic N) is 1. The summed E-state index contributed by atoms with van der Waals surface area (Å²) in [6, 6.07) is 13.6. The maximum absolute atomic E-state index is 13.4. The van der Waals surface area contributed by atoms with E-state index in [1.165, 1.54) is 0 Å². The van der Waals surface area contributed by atoms with Crippen molar-refractivity contribution in [3.05, 3.63) is 81.6 Å². The highest BCUT2D eigenvalue weighted by Gasteiger charge is 2.41. The van der Waals surface area contributed by atoms with E-state index in [4.69, 9.17) is 16.0 Å². The first kappa shape index (κ1) is 27.3. The highest BCUT2D eigenvalue weighted by Crippen LogP contribution is 2.46. The minimum Gasteiger partial charge on any atom is -0.410 e. The minimum absolute atomic E-state index is 0.0179. The summed E-state index contributed by atoms with van der Waals surface area (Å²) < 4.78 is 9.62. The fourth-order valence-electron chi connectivity index (χ4n) is 5.53. The van der Waals surface area contributed by atoms with Crippen LogP contribution >= 0.6 is 27.5 Å². The van der Waals surface area contributed by atoms with E-state index in [9.17, 15) is 9.59 Å². The molecule has 2 aromatic heterocycles. The zero-order valence-corrected chi connectivity index (χ0v) is 26.4. The number of carbonyl (C=O) groups is 2. The van der Waals surface area contributed by atoms with Gasteiger partial charge in [-0.25, -0.2) is 0 Å². The van der Waals surface area contributed by atoms with Gasteiger partial charge in [-0.15, -0.1) is 0 Å². The number of nitrogens with one attached hydrogen (secondary N) is 2. The third-order valence-electron chi connectivity index (χ3n) is 8.55. The number of rotatable bonds is 5. The van der Waals surface area contributed by atoms with Crippen LogP contribution in [0.5, 0.6) is 0 Å². The van der Waals surface area contributed by atoms with Gasteiger partial charge in [0.25, 0.3) is 11.8 Å². The molecule has 2 N–H and O–H groups in total. The molecule has 0 bridgehead atoms. The van der Waals surface area contributed by atoms with Gasteiger partial charge in [0.15, 0.2) is 8.32 Å². The molecule has 3 heterocycles. The third kappa shape index (κ3) is 4.33. The average Bonchev–Trinajstić information content (AvgIpc) is 3.62. The number of carbonyl (C=O) groups excluding carboxylic acids is 2. The summed E-state index contributed by atoms with van der Waals surface area (Å²) in [7, 11) is -1.97. The Bertz CT molecular complexity index is 1780. The highest BCUT2D eigenvalue weighted by atomic mass is 79.9. The summed E-state index contributed by atoms with van der Waals surface area (Å²) in [5.41, 5.74) is 3.62. The van der Waals surface area contributed by atoms with Gasteiger partial charge < -0.3 is 14.0 Å². The van der Waals surface area contributed by atoms with Crippen LogP contribution in [0.25, 0.3) is 33.0 Å². The molecule has 0 saturated carbocycles. The molecule has 0 spiro atoms. The van der Waals surface area contributed by atoms with Crippen LogP contribution in [0.3, 0.4) is 0 Å². The maximum Gasteiger partial charge on any atom is 0.259 e. The molecule has 4 aromatic rings. The molecule has 206 valence electrons. The topological polar surface area (TPSA) is 76.1 Å². The first-order valence-corrected chi connectivity index (χ1v) is 17.5. The molecule has 40 heavy (non-hydrogen) atoms. The number of amides is 2. The molecule has 2 amide bonds. The van der Waals surface area contributed by atoms with Crippen LogP contribution in [0.2, 0.25) is 23.3 Å². The number of benzene rings is 2. The van der Waals surface area contributed by atoms with Crippen molar-refractivity contribution < 1.29 is 14.0 Å². The maximum atomic E-state index is 13.4. The molecule has 1 aliphatic heterocycles. The standard InChI is InChI=1S/C31H31BrClN3O3Si/c1-31(2,3)40(4,5)39-19-12-11-18(15-19)36-24-13-10-17(32)14-21(24)25(28(36)33)27-26(29(37)35-30(27)38)22-16-34-23-9-7-6-8-20(22)23/h6-14,16,18-19,34H,15H2,1-5H3,(H,35,37,38)/t18-,19+/m0/s1. The van der Waals surface area contributed by atoms with Crippen molar-refractivity contribution in [3.63, 3.8) is 0 Å². The SMILES string of the molecule is CC(C)(C)[Si](C)(C)O[C@@H]1C=C[C@H](n2c(Cl)c(C3=C(c4c[nH]c5ccccc45)C(=O)NC3=O)c3cc(Br)ccc32)C1. The normalized spacial score (nSPS) is 20.0.